The summed E-state index contributed by atoms with van der Waals surface area (Å²) in [6.45, 7) is -0.121. The first-order valence-corrected chi connectivity index (χ1v) is 7.72. The standard InChI is InChI=1S/C17H15F3N2O4/c1-7(19)12-8(4-21-5-9(12)20)13-14(16(23)25-2)10(3-18)22-11-6-26-17(24)15(11)13/h4-5,7,13,22H,3,6H2,1-2H3/t7-,13-/m0/s1. The molecule has 138 valence electrons. The van der Waals surface area contributed by atoms with Gasteiger partial charge in [-0.25, -0.2) is 22.8 Å². The number of halogens is 3. The molecular weight excluding hydrogens is 353 g/mol. The Bertz CT molecular complexity index is 848. The maximum Gasteiger partial charge on any atom is 0.337 e. The molecule has 0 spiro atoms. The fourth-order valence-electron chi connectivity index (χ4n) is 3.26. The molecule has 0 aliphatic carbocycles. The number of hydrogen-bond donors (Lipinski definition) is 1. The Morgan fingerprint density at radius 3 is 2.85 bits per heavy atom. The molecule has 1 aromatic heterocycles. The zero-order valence-corrected chi connectivity index (χ0v) is 13.9. The lowest BCUT2D eigenvalue weighted by atomic mass is 9.79. The van der Waals surface area contributed by atoms with Crippen molar-refractivity contribution in [2.45, 2.75) is 19.0 Å². The Balaban J connectivity index is 2.31. The van der Waals surface area contributed by atoms with E-state index in [4.69, 9.17) is 9.47 Å². The summed E-state index contributed by atoms with van der Waals surface area (Å²) in [7, 11) is 1.08. The molecule has 0 aromatic carbocycles. The van der Waals surface area contributed by atoms with Gasteiger partial charge in [-0.3, -0.25) is 4.98 Å². The van der Waals surface area contributed by atoms with Crippen LogP contribution in [0.2, 0.25) is 0 Å². The number of rotatable bonds is 4. The van der Waals surface area contributed by atoms with E-state index in [0.717, 1.165) is 26.4 Å². The number of allylic oxidation sites excluding steroid dienone is 1. The Hall–Kier alpha value is -2.84. The van der Waals surface area contributed by atoms with Crippen molar-refractivity contribution in [2.24, 2.45) is 0 Å². The number of esters is 2. The predicted molar refractivity (Wildman–Crippen MR) is 82.6 cm³/mol. The van der Waals surface area contributed by atoms with E-state index in [0.29, 0.717) is 0 Å². The third-order valence-corrected chi connectivity index (χ3v) is 4.31. The van der Waals surface area contributed by atoms with Crippen molar-refractivity contribution in [1.82, 2.24) is 10.3 Å². The summed E-state index contributed by atoms with van der Waals surface area (Å²) in [4.78, 5) is 28.2. The van der Waals surface area contributed by atoms with E-state index in [1.165, 1.54) is 0 Å². The maximum absolute atomic E-state index is 14.2. The highest BCUT2D eigenvalue weighted by Gasteiger charge is 2.44. The van der Waals surface area contributed by atoms with Crippen molar-refractivity contribution in [1.29, 1.82) is 0 Å². The number of aromatic nitrogens is 1. The van der Waals surface area contributed by atoms with Crippen LogP contribution in [0.15, 0.2) is 34.9 Å². The molecule has 0 fully saturated rings. The molecule has 0 radical (unpaired) electrons. The minimum atomic E-state index is -1.75. The lowest BCUT2D eigenvalue weighted by Gasteiger charge is -2.29. The molecule has 3 rings (SSSR count). The third-order valence-electron chi connectivity index (χ3n) is 4.31. The van der Waals surface area contributed by atoms with E-state index in [-0.39, 0.29) is 40.3 Å². The highest BCUT2D eigenvalue weighted by Crippen LogP contribution is 2.44. The number of carbonyl (C=O) groups excluding carboxylic acids is 2. The number of hydrogen-bond acceptors (Lipinski definition) is 6. The summed E-state index contributed by atoms with van der Waals surface area (Å²) in [5.74, 6) is -3.88. The van der Waals surface area contributed by atoms with E-state index in [1.807, 2.05) is 0 Å². The van der Waals surface area contributed by atoms with Crippen LogP contribution in [-0.4, -0.2) is 37.3 Å². The summed E-state index contributed by atoms with van der Waals surface area (Å²) in [6.07, 6.45) is 0.229. The number of cyclic esters (lactones) is 1. The first kappa shape index (κ1) is 18.0. The molecule has 1 N–H and O–H groups in total. The van der Waals surface area contributed by atoms with Gasteiger partial charge in [-0.2, -0.15) is 0 Å². The highest BCUT2D eigenvalue weighted by molar-refractivity contribution is 6.01. The molecule has 3 heterocycles. The minimum absolute atomic E-state index is 0.0168. The molecule has 0 saturated carbocycles. The topological polar surface area (TPSA) is 77.5 Å². The van der Waals surface area contributed by atoms with Gasteiger partial charge in [-0.1, -0.05) is 0 Å². The van der Waals surface area contributed by atoms with Gasteiger partial charge in [0.1, 0.15) is 25.3 Å². The van der Waals surface area contributed by atoms with Gasteiger partial charge in [0, 0.05) is 11.8 Å². The number of nitrogens with zero attached hydrogens (tertiary/aromatic N) is 1. The number of dihydropyridines is 1. The smallest absolute Gasteiger partial charge is 0.337 e. The zero-order chi connectivity index (χ0) is 19.0. The van der Waals surface area contributed by atoms with Crippen molar-refractivity contribution >= 4 is 11.9 Å². The third kappa shape index (κ3) is 2.73. The number of carbonyl (C=O) groups is 2. The second kappa shape index (κ2) is 6.81. The van der Waals surface area contributed by atoms with E-state index in [2.05, 4.69) is 10.3 Å². The molecule has 0 unspecified atom stereocenters. The molecule has 2 atom stereocenters. The first-order valence-electron chi connectivity index (χ1n) is 7.72. The van der Waals surface area contributed by atoms with Crippen LogP contribution in [0, 0.1) is 5.82 Å². The number of methoxy groups -OCH3 is 1. The van der Waals surface area contributed by atoms with E-state index in [9.17, 15) is 22.8 Å². The molecule has 26 heavy (non-hydrogen) atoms. The summed E-state index contributed by atoms with van der Waals surface area (Å²) in [5.41, 5.74) is -0.598. The molecular formula is C17H15F3N2O4. The molecule has 1 aromatic rings. The van der Waals surface area contributed by atoms with Gasteiger partial charge in [0.05, 0.1) is 41.8 Å². The number of pyridine rings is 1. The summed E-state index contributed by atoms with van der Waals surface area (Å²) < 4.78 is 51.6. The van der Waals surface area contributed by atoms with Crippen LogP contribution in [0.5, 0.6) is 0 Å². The van der Waals surface area contributed by atoms with Gasteiger partial charge in [0.15, 0.2) is 0 Å². The molecule has 2 aliphatic heterocycles. The minimum Gasteiger partial charge on any atom is -0.466 e. The van der Waals surface area contributed by atoms with Crippen LogP contribution in [0.25, 0.3) is 0 Å². The van der Waals surface area contributed by atoms with Crippen LogP contribution in [0.1, 0.15) is 30.1 Å². The highest BCUT2D eigenvalue weighted by atomic mass is 19.1. The molecule has 9 heteroatoms. The average molecular weight is 368 g/mol. The van der Waals surface area contributed by atoms with Gasteiger partial charge in [0.25, 0.3) is 0 Å². The van der Waals surface area contributed by atoms with Crippen LogP contribution >= 0.6 is 0 Å². The second-order valence-corrected chi connectivity index (χ2v) is 5.78. The Morgan fingerprint density at radius 2 is 2.23 bits per heavy atom. The molecule has 0 amide bonds. The van der Waals surface area contributed by atoms with Crippen LogP contribution in [0.3, 0.4) is 0 Å². The quantitative estimate of drug-likeness (QED) is 0.821. The Labute approximate surface area is 146 Å². The van der Waals surface area contributed by atoms with Gasteiger partial charge in [0.2, 0.25) is 0 Å². The van der Waals surface area contributed by atoms with Gasteiger partial charge < -0.3 is 14.8 Å². The monoisotopic (exact) mass is 368 g/mol. The van der Waals surface area contributed by atoms with E-state index >= 15 is 0 Å². The molecule has 0 saturated heterocycles. The van der Waals surface area contributed by atoms with Crippen molar-refractivity contribution in [3.8, 4) is 0 Å². The fourth-order valence-corrected chi connectivity index (χ4v) is 3.26. The van der Waals surface area contributed by atoms with Crippen molar-refractivity contribution in [2.75, 3.05) is 20.4 Å². The lowest BCUT2D eigenvalue weighted by molar-refractivity contribution is -0.136. The Morgan fingerprint density at radius 1 is 1.50 bits per heavy atom. The lowest BCUT2D eigenvalue weighted by Crippen LogP contribution is -2.32. The number of alkyl halides is 2. The number of ether oxygens (including phenoxy) is 2. The zero-order valence-electron chi connectivity index (χ0n) is 13.9. The van der Waals surface area contributed by atoms with Crippen molar-refractivity contribution in [3.05, 3.63) is 51.9 Å². The van der Waals surface area contributed by atoms with Crippen LogP contribution in [0.4, 0.5) is 13.2 Å². The number of nitrogens with one attached hydrogen (secondary N) is 1. The Kier molecular flexibility index (Phi) is 4.71. The van der Waals surface area contributed by atoms with Gasteiger partial charge in [-0.15, -0.1) is 0 Å². The summed E-state index contributed by atoms with van der Waals surface area (Å²) in [6, 6.07) is 0. The van der Waals surface area contributed by atoms with Crippen LogP contribution in [-0.2, 0) is 19.1 Å². The molecule has 6 nitrogen and oxygen atoms in total. The van der Waals surface area contributed by atoms with Crippen molar-refractivity contribution in [3.63, 3.8) is 0 Å². The van der Waals surface area contributed by atoms with E-state index in [1.54, 1.807) is 0 Å². The van der Waals surface area contributed by atoms with Gasteiger partial charge >= 0.3 is 11.9 Å². The normalized spacial score (nSPS) is 20.5. The SMILES string of the molecule is COC(=O)C1=C(CF)NC2=C(C(=O)OC2)[C@H]1c1cncc(F)c1[C@H](C)F. The summed E-state index contributed by atoms with van der Waals surface area (Å²) >= 11 is 0. The predicted octanol–water partition coefficient (Wildman–Crippen LogP) is 2.15. The maximum atomic E-state index is 14.2. The largest absolute Gasteiger partial charge is 0.466 e. The van der Waals surface area contributed by atoms with Crippen LogP contribution < -0.4 is 5.32 Å². The average Bonchev–Trinajstić information content (AvgIpc) is 2.99. The van der Waals surface area contributed by atoms with Gasteiger partial charge in [-0.05, 0) is 12.5 Å². The second-order valence-electron chi connectivity index (χ2n) is 5.78. The van der Waals surface area contributed by atoms with Crippen molar-refractivity contribution < 1.29 is 32.2 Å². The first-order chi connectivity index (χ1) is 12.4. The fraction of sp³-hybridized carbons (Fsp3) is 0.353. The molecule has 0 bridgehead atoms. The van der Waals surface area contributed by atoms with E-state index < -0.39 is 36.5 Å². The summed E-state index contributed by atoms with van der Waals surface area (Å²) in [5, 5.41) is 2.65. The molecule has 2 aliphatic rings.